The summed E-state index contributed by atoms with van der Waals surface area (Å²) >= 11 is 0. The van der Waals surface area contributed by atoms with Crippen LogP contribution in [-0.2, 0) is 11.0 Å². The molecule has 5 nitrogen and oxygen atoms in total. The van der Waals surface area contributed by atoms with Gasteiger partial charge in [0.25, 0.3) is 5.91 Å². The summed E-state index contributed by atoms with van der Waals surface area (Å²) in [5.41, 5.74) is -1.24. The predicted octanol–water partition coefficient (Wildman–Crippen LogP) is 2.38. The average Bonchev–Trinajstić information content (AvgIpc) is 2.61. The van der Waals surface area contributed by atoms with Crippen LogP contribution >= 0.6 is 0 Å². The lowest BCUT2D eigenvalue weighted by Crippen LogP contribution is -2.51. The summed E-state index contributed by atoms with van der Waals surface area (Å²) < 4.78 is 39.3. The maximum atomic E-state index is 13.1. The monoisotopic (exact) mass is 371 g/mol. The van der Waals surface area contributed by atoms with E-state index in [0.717, 1.165) is 18.9 Å². The zero-order valence-corrected chi connectivity index (χ0v) is 14.8. The number of benzene rings is 1. The Kier molecular flexibility index (Phi) is 7.02. The summed E-state index contributed by atoms with van der Waals surface area (Å²) in [6.07, 6.45) is -2.64. The minimum atomic E-state index is -4.56. The van der Waals surface area contributed by atoms with Crippen molar-refractivity contribution in [2.45, 2.75) is 25.9 Å². The van der Waals surface area contributed by atoms with E-state index in [4.69, 9.17) is 0 Å². The molecule has 1 aliphatic rings. The van der Waals surface area contributed by atoms with Crippen molar-refractivity contribution in [2.75, 3.05) is 39.3 Å². The Morgan fingerprint density at radius 1 is 1.12 bits per heavy atom. The van der Waals surface area contributed by atoms with E-state index in [0.29, 0.717) is 32.7 Å². The summed E-state index contributed by atoms with van der Waals surface area (Å²) in [5, 5.41) is 2.83. The van der Waals surface area contributed by atoms with Crippen LogP contribution in [0.3, 0.4) is 0 Å². The molecular formula is C18H24F3N3O2. The van der Waals surface area contributed by atoms with Crippen LogP contribution in [0.5, 0.6) is 0 Å². The molecule has 1 aromatic rings. The number of amides is 2. The molecule has 0 radical (unpaired) electrons. The van der Waals surface area contributed by atoms with Crippen molar-refractivity contribution in [3.63, 3.8) is 0 Å². The number of hydrogen-bond donors (Lipinski definition) is 1. The van der Waals surface area contributed by atoms with Crippen LogP contribution in [0.2, 0.25) is 0 Å². The van der Waals surface area contributed by atoms with Gasteiger partial charge in [0.2, 0.25) is 5.91 Å². The molecule has 144 valence electrons. The van der Waals surface area contributed by atoms with Crippen LogP contribution in [0, 0.1) is 0 Å². The fourth-order valence-electron chi connectivity index (χ4n) is 2.86. The van der Waals surface area contributed by atoms with Gasteiger partial charge in [-0.15, -0.1) is 0 Å². The summed E-state index contributed by atoms with van der Waals surface area (Å²) in [5.74, 6) is -0.689. The molecule has 2 rings (SSSR count). The molecule has 1 aliphatic heterocycles. The number of nitrogens with one attached hydrogen (secondary N) is 1. The van der Waals surface area contributed by atoms with Gasteiger partial charge in [0.15, 0.2) is 0 Å². The molecule has 1 fully saturated rings. The largest absolute Gasteiger partial charge is 0.417 e. The van der Waals surface area contributed by atoms with Crippen LogP contribution in [0.1, 0.15) is 35.7 Å². The first-order valence-corrected chi connectivity index (χ1v) is 8.77. The van der Waals surface area contributed by atoms with Crippen molar-refractivity contribution in [3.8, 4) is 0 Å². The number of piperazine rings is 1. The van der Waals surface area contributed by atoms with Gasteiger partial charge in [-0.3, -0.25) is 14.5 Å². The minimum absolute atomic E-state index is 0.0688. The van der Waals surface area contributed by atoms with Crippen LogP contribution in [-0.4, -0.2) is 60.9 Å². The molecule has 8 heteroatoms. The highest BCUT2D eigenvalue weighted by molar-refractivity contribution is 5.96. The van der Waals surface area contributed by atoms with E-state index >= 15 is 0 Å². The number of rotatable bonds is 6. The summed E-state index contributed by atoms with van der Waals surface area (Å²) in [7, 11) is 0. The molecule has 0 unspecified atom stereocenters. The molecule has 0 atom stereocenters. The highest BCUT2D eigenvalue weighted by atomic mass is 19.4. The predicted molar refractivity (Wildman–Crippen MR) is 91.7 cm³/mol. The second-order valence-electron chi connectivity index (χ2n) is 6.32. The number of unbranched alkanes of at least 4 members (excludes halogenated alkanes) is 1. The summed E-state index contributed by atoms with van der Waals surface area (Å²) in [6, 6.07) is 4.83. The Bertz CT molecular complexity index is 626. The third kappa shape index (κ3) is 5.45. The molecule has 1 saturated heterocycles. The van der Waals surface area contributed by atoms with E-state index in [-0.39, 0.29) is 18.0 Å². The van der Waals surface area contributed by atoms with Crippen LogP contribution in [0.15, 0.2) is 24.3 Å². The second kappa shape index (κ2) is 9.02. The molecule has 0 spiro atoms. The van der Waals surface area contributed by atoms with Crippen molar-refractivity contribution in [2.24, 2.45) is 0 Å². The third-order valence-electron chi connectivity index (χ3n) is 4.34. The molecule has 0 bridgehead atoms. The quantitative estimate of drug-likeness (QED) is 0.782. The van der Waals surface area contributed by atoms with Gasteiger partial charge in [0.1, 0.15) is 0 Å². The van der Waals surface area contributed by atoms with Crippen molar-refractivity contribution in [1.82, 2.24) is 15.1 Å². The Balaban J connectivity index is 1.90. The SMILES string of the molecule is CCCCNC(=O)CN1CCN(C(=O)c2ccccc2C(F)(F)F)CC1. The van der Waals surface area contributed by atoms with Crippen LogP contribution < -0.4 is 5.32 Å². The molecule has 0 aromatic heterocycles. The molecule has 1 heterocycles. The van der Waals surface area contributed by atoms with Gasteiger partial charge in [-0.05, 0) is 18.6 Å². The van der Waals surface area contributed by atoms with Gasteiger partial charge in [0.05, 0.1) is 17.7 Å². The van der Waals surface area contributed by atoms with E-state index in [1.807, 2.05) is 11.8 Å². The first-order valence-electron chi connectivity index (χ1n) is 8.77. The molecule has 2 amide bonds. The number of alkyl halides is 3. The lowest BCUT2D eigenvalue weighted by molar-refractivity contribution is -0.138. The van der Waals surface area contributed by atoms with Gasteiger partial charge >= 0.3 is 6.18 Å². The number of nitrogens with zero attached hydrogens (tertiary/aromatic N) is 2. The maximum absolute atomic E-state index is 13.1. The first-order chi connectivity index (χ1) is 12.3. The summed E-state index contributed by atoms with van der Waals surface area (Å²) in [6.45, 7) is 4.44. The summed E-state index contributed by atoms with van der Waals surface area (Å²) in [4.78, 5) is 27.6. The van der Waals surface area contributed by atoms with Crippen LogP contribution in [0.25, 0.3) is 0 Å². The van der Waals surface area contributed by atoms with Crippen molar-refractivity contribution in [3.05, 3.63) is 35.4 Å². The van der Waals surface area contributed by atoms with E-state index in [1.165, 1.54) is 23.1 Å². The first kappa shape index (κ1) is 20.2. The smallest absolute Gasteiger partial charge is 0.355 e. The third-order valence-corrected chi connectivity index (χ3v) is 4.34. The topological polar surface area (TPSA) is 52.7 Å². The highest BCUT2D eigenvalue weighted by Crippen LogP contribution is 2.32. The normalized spacial score (nSPS) is 15.8. The van der Waals surface area contributed by atoms with Gasteiger partial charge < -0.3 is 10.2 Å². The fraction of sp³-hybridized carbons (Fsp3) is 0.556. The molecule has 26 heavy (non-hydrogen) atoms. The molecule has 1 N–H and O–H groups in total. The van der Waals surface area contributed by atoms with Gasteiger partial charge in [-0.1, -0.05) is 25.5 Å². The number of halogens is 3. The van der Waals surface area contributed by atoms with Crippen molar-refractivity contribution >= 4 is 11.8 Å². The van der Waals surface area contributed by atoms with Crippen molar-refractivity contribution < 1.29 is 22.8 Å². The molecular weight excluding hydrogens is 347 g/mol. The Labute approximate surface area is 151 Å². The molecule has 1 aromatic carbocycles. The number of hydrogen-bond acceptors (Lipinski definition) is 3. The number of carbonyl (C=O) groups excluding carboxylic acids is 2. The average molecular weight is 371 g/mol. The Hall–Kier alpha value is -2.09. The van der Waals surface area contributed by atoms with Gasteiger partial charge in [-0.25, -0.2) is 0 Å². The van der Waals surface area contributed by atoms with Gasteiger partial charge in [-0.2, -0.15) is 13.2 Å². The lowest BCUT2D eigenvalue weighted by Gasteiger charge is -2.34. The Morgan fingerprint density at radius 3 is 2.38 bits per heavy atom. The van der Waals surface area contributed by atoms with E-state index in [1.54, 1.807) is 0 Å². The maximum Gasteiger partial charge on any atom is 0.417 e. The van der Waals surface area contributed by atoms with E-state index in [2.05, 4.69) is 5.32 Å². The Morgan fingerprint density at radius 2 is 1.77 bits per heavy atom. The fourth-order valence-corrected chi connectivity index (χ4v) is 2.86. The van der Waals surface area contributed by atoms with Crippen molar-refractivity contribution in [1.29, 1.82) is 0 Å². The minimum Gasteiger partial charge on any atom is -0.355 e. The van der Waals surface area contributed by atoms with Crippen LogP contribution in [0.4, 0.5) is 13.2 Å². The van der Waals surface area contributed by atoms with E-state index < -0.39 is 17.6 Å². The zero-order valence-electron chi connectivity index (χ0n) is 14.8. The molecule has 0 saturated carbocycles. The standard InChI is InChI=1S/C18H24F3N3O2/c1-2-3-8-22-16(25)13-23-9-11-24(12-10-23)17(26)14-6-4-5-7-15(14)18(19,20)21/h4-7H,2-3,8-13H2,1H3,(H,22,25). The molecule has 0 aliphatic carbocycles. The number of carbonyl (C=O) groups is 2. The van der Waals surface area contributed by atoms with Gasteiger partial charge in [0, 0.05) is 32.7 Å². The second-order valence-corrected chi connectivity index (χ2v) is 6.32. The highest BCUT2D eigenvalue weighted by Gasteiger charge is 2.36. The zero-order chi connectivity index (χ0) is 19.2. The van der Waals surface area contributed by atoms with E-state index in [9.17, 15) is 22.8 Å². The lowest BCUT2D eigenvalue weighted by atomic mass is 10.1.